The highest BCUT2D eigenvalue weighted by Gasteiger charge is 2.26. The Hall–Kier alpha value is -3.02. The quantitative estimate of drug-likeness (QED) is 0.765. The first-order valence-electron chi connectivity index (χ1n) is 10.7. The van der Waals surface area contributed by atoms with E-state index in [2.05, 4.69) is 29.2 Å². The molecule has 2 aromatic carbocycles. The van der Waals surface area contributed by atoms with E-state index in [1.807, 2.05) is 4.90 Å². The van der Waals surface area contributed by atoms with E-state index in [1.54, 1.807) is 24.3 Å². The second-order valence-electron chi connectivity index (χ2n) is 8.22. The van der Waals surface area contributed by atoms with Gasteiger partial charge in [0.15, 0.2) is 6.61 Å². The SMILES string of the molecule is NC(=O)Cc1ccc(OCC(=O)N2CCC(CN3CCc4ccccc43)CC2)cc1. The molecule has 1 fully saturated rings. The van der Waals surface area contributed by atoms with Crippen LogP contribution in [0.1, 0.15) is 24.0 Å². The number of anilines is 1. The summed E-state index contributed by atoms with van der Waals surface area (Å²) in [5, 5.41) is 0. The molecule has 2 N–H and O–H groups in total. The molecule has 30 heavy (non-hydrogen) atoms. The number of nitrogens with two attached hydrogens (primary N) is 1. The van der Waals surface area contributed by atoms with E-state index in [0.717, 1.165) is 51.0 Å². The molecule has 0 saturated carbocycles. The van der Waals surface area contributed by atoms with E-state index < -0.39 is 0 Å². The maximum Gasteiger partial charge on any atom is 0.260 e. The zero-order valence-corrected chi connectivity index (χ0v) is 17.3. The third kappa shape index (κ3) is 4.93. The van der Waals surface area contributed by atoms with Gasteiger partial charge in [-0.3, -0.25) is 9.59 Å². The lowest BCUT2D eigenvalue weighted by Crippen LogP contribution is -2.43. The van der Waals surface area contributed by atoms with Gasteiger partial charge in [0.2, 0.25) is 5.91 Å². The van der Waals surface area contributed by atoms with Crippen molar-refractivity contribution in [2.24, 2.45) is 11.7 Å². The topological polar surface area (TPSA) is 75.9 Å². The first kappa shape index (κ1) is 20.3. The molecule has 2 aliphatic rings. The normalized spacial score (nSPS) is 16.4. The number of benzene rings is 2. The Kier molecular flexibility index (Phi) is 6.21. The number of amides is 2. The monoisotopic (exact) mass is 407 g/mol. The Morgan fingerprint density at radius 2 is 1.73 bits per heavy atom. The number of carbonyl (C=O) groups is 2. The summed E-state index contributed by atoms with van der Waals surface area (Å²) in [5.74, 6) is 0.912. The smallest absolute Gasteiger partial charge is 0.260 e. The lowest BCUT2D eigenvalue weighted by molar-refractivity contribution is -0.134. The molecular formula is C24H29N3O3. The molecule has 0 aromatic heterocycles. The van der Waals surface area contributed by atoms with Crippen LogP contribution in [0.4, 0.5) is 5.69 Å². The summed E-state index contributed by atoms with van der Waals surface area (Å²) in [6, 6.07) is 15.8. The number of hydrogen-bond donors (Lipinski definition) is 1. The molecule has 1 saturated heterocycles. The summed E-state index contributed by atoms with van der Waals surface area (Å²) >= 11 is 0. The Labute approximate surface area is 177 Å². The molecule has 2 amide bonds. The number of primary amides is 1. The Balaban J connectivity index is 1.20. The highest BCUT2D eigenvalue weighted by atomic mass is 16.5. The number of para-hydroxylation sites is 1. The van der Waals surface area contributed by atoms with Crippen LogP contribution >= 0.6 is 0 Å². The minimum absolute atomic E-state index is 0.0289. The predicted molar refractivity (Wildman–Crippen MR) is 116 cm³/mol. The van der Waals surface area contributed by atoms with Crippen molar-refractivity contribution < 1.29 is 14.3 Å². The van der Waals surface area contributed by atoms with Crippen LogP contribution < -0.4 is 15.4 Å². The first-order valence-corrected chi connectivity index (χ1v) is 10.7. The van der Waals surface area contributed by atoms with Gasteiger partial charge in [-0.05, 0) is 54.5 Å². The van der Waals surface area contributed by atoms with Crippen molar-refractivity contribution in [2.45, 2.75) is 25.7 Å². The van der Waals surface area contributed by atoms with E-state index >= 15 is 0 Å². The van der Waals surface area contributed by atoms with Crippen molar-refractivity contribution in [1.29, 1.82) is 0 Å². The third-order valence-corrected chi connectivity index (χ3v) is 6.09. The summed E-state index contributed by atoms with van der Waals surface area (Å²) in [6.07, 6.45) is 3.41. The molecule has 0 unspecified atom stereocenters. The molecule has 0 aliphatic carbocycles. The molecule has 2 heterocycles. The summed E-state index contributed by atoms with van der Waals surface area (Å²) < 4.78 is 5.64. The number of rotatable bonds is 7. The molecule has 4 rings (SSSR count). The molecule has 0 atom stereocenters. The summed E-state index contributed by atoms with van der Waals surface area (Å²) in [4.78, 5) is 27.9. The average Bonchev–Trinajstić information content (AvgIpc) is 3.16. The number of nitrogens with zero attached hydrogens (tertiary/aromatic N) is 2. The Morgan fingerprint density at radius 3 is 2.47 bits per heavy atom. The molecule has 0 radical (unpaired) electrons. The zero-order chi connectivity index (χ0) is 20.9. The van der Waals surface area contributed by atoms with Crippen LogP contribution in [0, 0.1) is 5.92 Å². The van der Waals surface area contributed by atoms with E-state index in [4.69, 9.17) is 10.5 Å². The predicted octanol–water partition coefficient (Wildman–Crippen LogP) is 2.39. The maximum atomic E-state index is 12.5. The van der Waals surface area contributed by atoms with Crippen molar-refractivity contribution >= 4 is 17.5 Å². The summed E-state index contributed by atoms with van der Waals surface area (Å²) in [7, 11) is 0. The summed E-state index contributed by atoms with van der Waals surface area (Å²) in [5.41, 5.74) is 8.86. The van der Waals surface area contributed by atoms with Crippen molar-refractivity contribution in [3.8, 4) is 5.75 Å². The standard InChI is InChI=1S/C24H29N3O3/c25-23(28)15-18-5-7-21(8-6-18)30-17-24(29)26-12-9-19(10-13-26)16-27-14-11-20-3-1-2-4-22(20)27/h1-8,19H,9-17H2,(H2,25,28). The average molecular weight is 408 g/mol. The van der Waals surface area contributed by atoms with Crippen molar-refractivity contribution in [1.82, 2.24) is 4.90 Å². The third-order valence-electron chi connectivity index (χ3n) is 6.09. The van der Waals surface area contributed by atoms with Crippen molar-refractivity contribution in [3.05, 3.63) is 59.7 Å². The number of hydrogen-bond acceptors (Lipinski definition) is 4. The van der Waals surface area contributed by atoms with Gasteiger partial charge in [-0.25, -0.2) is 0 Å². The second kappa shape index (κ2) is 9.20. The number of fused-ring (bicyclic) bond motifs is 1. The number of piperidine rings is 1. The van der Waals surface area contributed by atoms with Crippen LogP contribution in [-0.2, 0) is 22.4 Å². The van der Waals surface area contributed by atoms with Gasteiger partial charge in [0.1, 0.15) is 5.75 Å². The highest BCUT2D eigenvalue weighted by molar-refractivity contribution is 5.78. The molecule has 6 heteroatoms. The van der Waals surface area contributed by atoms with Gasteiger partial charge >= 0.3 is 0 Å². The minimum atomic E-state index is -0.365. The number of likely N-dealkylation sites (tertiary alicyclic amines) is 1. The van der Waals surface area contributed by atoms with Crippen molar-refractivity contribution in [2.75, 3.05) is 37.7 Å². The molecule has 158 valence electrons. The fourth-order valence-electron chi connectivity index (χ4n) is 4.41. The molecule has 2 aromatic rings. The van der Waals surface area contributed by atoms with Crippen LogP contribution in [0.2, 0.25) is 0 Å². The number of carbonyl (C=O) groups excluding carboxylic acids is 2. The van der Waals surface area contributed by atoms with E-state index in [1.165, 1.54) is 11.3 Å². The van der Waals surface area contributed by atoms with Gasteiger partial charge in [-0.2, -0.15) is 0 Å². The summed E-state index contributed by atoms with van der Waals surface area (Å²) in [6.45, 7) is 3.80. The van der Waals surface area contributed by atoms with Crippen LogP contribution in [0.3, 0.4) is 0 Å². The van der Waals surface area contributed by atoms with Gasteiger partial charge < -0.3 is 20.3 Å². The zero-order valence-electron chi connectivity index (χ0n) is 17.3. The maximum absolute atomic E-state index is 12.5. The Morgan fingerprint density at radius 1 is 1.00 bits per heavy atom. The van der Waals surface area contributed by atoms with E-state index in [9.17, 15) is 9.59 Å². The van der Waals surface area contributed by atoms with Crippen LogP contribution in [0.5, 0.6) is 5.75 Å². The second-order valence-corrected chi connectivity index (χ2v) is 8.22. The fourth-order valence-corrected chi connectivity index (χ4v) is 4.41. The van der Waals surface area contributed by atoms with Gasteiger partial charge in [-0.15, -0.1) is 0 Å². The molecule has 2 aliphatic heterocycles. The van der Waals surface area contributed by atoms with Gasteiger partial charge in [0.25, 0.3) is 5.91 Å². The molecular weight excluding hydrogens is 378 g/mol. The molecule has 6 nitrogen and oxygen atoms in total. The largest absolute Gasteiger partial charge is 0.484 e. The number of ether oxygens (including phenoxy) is 1. The van der Waals surface area contributed by atoms with Crippen LogP contribution in [-0.4, -0.2) is 49.5 Å². The highest BCUT2D eigenvalue weighted by Crippen LogP contribution is 2.30. The molecule has 0 spiro atoms. The van der Waals surface area contributed by atoms with E-state index in [-0.39, 0.29) is 24.8 Å². The molecule has 0 bridgehead atoms. The van der Waals surface area contributed by atoms with Gasteiger partial charge in [-0.1, -0.05) is 30.3 Å². The van der Waals surface area contributed by atoms with Gasteiger partial charge in [0, 0.05) is 31.9 Å². The van der Waals surface area contributed by atoms with E-state index in [0.29, 0.717) is 11.7 Å². The lowest BCUT2D eigenvalue weighted by Gasteiger charge is -2.34. The minimum Gasteiger partial charge on any atom is -0.484 e. The first-order chi connectivity index (χ1) is 14.6. The van der Waals surface area contributed by atoms with Gasteiger partial charge in [0.05, 0.1) is 6.42 Å². The lowest BCUT2D eigenvalue weighted by atomic mass is 9.96. The Bertz CT molecular complexity index is 889. The fraction of sp³-hybridized carbons (Fsp3) is 0.417. The van der Waals surface area contributed by atoms with Crippen LogP contribution in [0.15, 0.2) is 48.5 Å². The van der Waals surface area contributed by atoms with Crippen molar-refractivity contribution in [3.63, 3.8) is 0 Å². The van der Waals surface area contributed by atoms with Crippen LogP contribution in [0.25, 0.3) is 0 Å².